The lowest BCUT2D eigenvalue weighted by atomic mass is 10.1. The second-order valence-corrected chi connectivity index (χ2v) is 8.37. The first kappa shape index (κ1) is 23.0. The van der Waals surface area contributed by atoms with Crippen molar-refractivity contribution in [2.24, 2.45) is 0 Å². The van der Waals surface area contributed by atoms with Gasteiger partial charge in [0.25, 0.3) is 5.91 Å². The summed E-state index contributed by atoms with van der Waals surface area (Å²) in [4.78, 5) is 30.1. The summed E-state index contributed by atoms with van der Waals surface area (Å²) in [6.07, 6.45) is 1.82. The van der Waals surface area contributed by atoms with Gasteiger partial charge in [-0.25, -0.2) is 9.78 Å². The first-order valence-corrected chi connectivity index (χ1v) is 10.5. The highest BCUT2D eigenvalue weighted by molar-refractivity contribution is 5.97. The fourth-order valence-electron chi connectivity index (χ4n) is 3.06. The van der Waals surface area contributed by atoms with E-state index in [1.165, 1.54) is 6.20 Å². The van der Waals surface area contributed by atoms with Crippen molar-refractivity contribution in [1.82, 2.24) is 10.3 Å². The van der Waals surface area contributed by atoms with Crippen LogP contribution in [0.5, 0.6) is 5.75 Å². The van der Waals surface area contributed by atoms with Crippen molar-refractivity contribution in [3.05, 3.63) is 95.8 Å². The molecule has 1 unspecified atom stereocenters. The van der Waals surface area contributed by atoms with Crippen LogP contribution in [0.3, 0.4) is 0 Å². The van der Waals surface area contributed by atoms with Crippen LogP contribution >= 0.6 is 0 Å². The summed E-state index contributed by atoms with van der Waals surface area (Å²) in [5.41, 5.74) is 1.32. The SMILES string of the molecule is CC(C)(C)OC(=O)C(Cc1ccccc1)NC(=O)c1ncccc1OCc1ccccc1. The van der Waals surface area contributed by atoms with Gasteiger partial charge in [-0.1, -0.05) is 60.7 Å². The fraction of sp³-hybridized carbons (Fsp3) is 0.269. The minimum Gasteiger partial charge on any atom is -0.486 e. The average Bonchev–Trinajstić information content (AvgIpc) is 2.77. The summed E-state index contributed by atoms with van der Waals surface area (Å²) in [6, 6.07) is 21.6. The van der Waals surface area contributed by atoms with Crippen LogP contribution in [0, 0.1) is 0 Å². The van der Waals surface area contributed by atoms with Crippen LogP contribution in [0.15, 0.2) is 79.0 Å². The maximum Gasteiger partial charge on any atom is 0.329 e. The molecule has 0 radical (unpaired) electrons. The lowest BCUT2D eigenvalue weighted by Gasteiger charge is -2.25. The largest absolute Gasteiger partial charge is 0.486 e. The molecule has 166 valence electrons. The molecular weight excluding hydrogens is 404 g/mol. The van der Waals surface area contributed by atoms with E-state index in [0.717, 1.165) is 11.1 Å². The second kappa shape index (κ2) is 10.6. The Balaban J connectivity index is 1.77. The number of rotatable bonds is 8. The monoisotopic (exact) mass is 432 g/mol. The molecule has 0 aliphatic rings. The molecule has 1 atom stereocenters. The lowest BCUT2D eigenvalue weighted by molar-refractivity contribution is -0.157. The molecule has 0 spiro atoms. The molecule has 3 aromatic rings. The molecule has 0 aliphatic heterocycles. The van der Waals surface area contributed by atoms with Crippen LogP contribution in [0.2, 0.25) is 0 Å². The van der Waals surface area contributed by atoms with E-state index in [-0.39, 0.29) is 5.69 Å². The molecule has 3 rings (SSSR count). The van der Waals surface area contributed by atoms with Gasteiger partial charge in [-0.2, -0.15) is 0 Å². The zero-order chi connectivity index (χ0) is 23.0. The standard InChI is InChI=1S/C26H28N2O4/c1-26(2,3)32-25(30)21(17-19-11-6-4-7-12-19)28-24(29)23-22(15-10-16-27-23)31-18-20-13-8-5-9-14-20/h4-16,21H,17-18H2,1-3H3,(H,28,29). The molecular formula is C26H28N2O4. The van der Waals surface area contributed by atoms with Crippen molar-refractivity contribution in [3.63, 3.8) is 0 Å². The Morgan fingerprint density at radius 1 is 0.906 bits per heavy atom. The van der Waals surface area contributed by atoms with E-state index in [1.54, 1.807) is 32.9 Å². The minimum atomic E-state index is -0.867. The third-order valence-corrected chi connectivity index (χ3v) is 4.50. The van der Waals surface area contributed by atoms with Crippen molar-refractivity contribution >= 4 is 11.9 Å². The molecule has 1 aromatic heterocycles. The van der Waals surface area contributed by atoms with Gasteiger partial charge in [-0.05, 0) is 44.0 Å². The number of aromatic nitrogens is 1. The van der Waals surface area contributed by atoms with E-state index in [1.807, 2.05) is 60.7 Å². The molecule has 0 fully saturated rings. The number of benzene rings is 2. The van der Waals surface area contributed by atoms with Crippen molar-refractivity contribution in [2.45, 2.75) is 45.4 Å². The van der Waals surface area contributed by atoms with Crippen LogP contribution in [0.4, 0.5) is 0 Å². The molecule has 0 saturated carbocycles. The van der Waals surface area contributed by atoms with Crippen molar-refractivity contribution in [1.29, 1.82) is 0 Å². The number of carbonyl (C=O) groups is 2. The summed E-state index contributed by atoms with van der Waals surface area (Å²) in [6.45, 7) is 5.67. The molecule has 1 N–H and O–H groups in total. The summed E-state index contributed by atoms with van der Waals surface area (Å²) >= 11 is 0. The normalized spacial score (nSPS) is 12.0. The Labute approximate surface area is 188 Å². The molecule has 0 bridgehead atoms. The number of pyridine rings is 1. The maximum atomic E-state index is 13.1. The van der Waals surface area contributed by atoms with Gasteiger partial charge in [0.15, 0.2) is 11.4 Å². The zero-order valence-corrected chi connectivity index (χ0v) is 18.6. The highest BCUT2D eigenvalue weighted by Crippen LogP contribution is 2.18. The van der Waals surface area contributed by atoms with Crippen molar-refractivity contribution in [3.8, 4) is 5.75 Å². The number of amides is 1. The first-order valence-electron chi connectivity index (χ1n) is 10.5. The number of esters is 1. The van der Waals surface area contributed by atoms with Crippen LogP contribution in [-0.2, 0) is 22.6 Å². The third-order valence-electron chi connectivity index (χ3n) is 4.50. The van der Waals surface area contributed by atoms with E-state index >= 15 is 0 Å². The van der Waals surface area contributed by atoms with E-state index in [4.69, 9.17) is 9.47 Å². The number of nitrogens with one attached hydrogen (secondary N) is 1. The lowest BCUT2D eigenvalue weighted by Crippen LogP contribution is -2.45. The molecule has 1 amide bonds. The zero-order valence-electron chi connectivity index (χ0n) is 18.6. The summed E-state index contributed by atoms with van der Waals surface area (Å²) in [7, 11) is 0. The van der Waals surface area contributed by atoms with Gasteiger partial charge < -0.3 is 14.8 Å². The van der Waals surface area contributed by atoms with E-state index in [0.29, 0.717) is 18.8 Å². The number of hydrogen-bond acceptors (Lipinski definition) is 5. The summed E-state index contributed by atoms with van der Waals surface area (Å²) < 4.78 is 11.4. The Morgan fingerprint density at radius 3 is 2.16 bits per heavy atom. The second-order valence-electron chi connectivity index (χ2n) is 8.37. The Bertz CT molecular complexity index is 1030. The van der Waals surface area contributed by atoms with Crippen molar-refractivity contribution in [2.75, 3.05) is 0 Å². The smallest absolute Gasteiger partial charge is 0.329 e. The number of ether oxygens (including phenoxy) is 2. The minimum absolute atomic E-state index is 0.116. The van der Waals surface area contributed by atoms with Crippen LogP contribution in [-0.4, -0.2) is 28.5 Å². The topological polar surface area (TPSA) is 77.5 Å². The summed E-state index contributed by atoms with van der Waals surface area (Å²) in [5.74, 6) is -0.658. The predicted molar refractivity (Wildman–Crippen MR) is 122 cm³/mol. The molecule has 6 heteroatoms. The van der Waals surface area contributed by atoms with E-state index in [9.17, 15) is 9.59 Å². The first-order chi connectivity index (χ1) is 15.3. The van der Waals surface area contributed by atoms with E-state index < -0.39 is 23.5 Å². The average molecular weight is 433 g/mol. The summed E-state index contributed by atoms with van der Waals surface area (Å²) in [5, 5.41) is 2.79. The number of carbonyl (C=O) groups excluding carboxylic acids is 2. The number of hydrogen-bond donors (Lipinski definition) is 1. The predicted octanol–water partition coefficient (Wildman–Crippen LogP) is 4.34. The van der Waals surface area contributed by atoms with Gasteiger partial charge in [0.1, 0.15) is 18.2 Å². The van der Waals surface area contributed by atoms with Gasteiger partial charge >= 0.3 is 5.97 Å². The van der Waals surface area contributed by atoms with Crippen LogP contribution < -0.4 is 10.1 Å². The van der Waals surface area contributed by atoms with Gasteiger partial charge in [-0.3, -0.25) is 4.79 Å². The van der Waals surface area contributed by atoms with Gasteiger partial charge in [0, 0.05) is 12.6 Å². The van der Waals surface area contributed by atoms with Crippen molar-refractivity contribution < 1.29 is 19.1 Å². The quantitative estimate of drug-likeness (QED) is 0.536. The highest BCUT2D eigenvalue weighted by atomic mass is 16.6. The molecule has 0 aliphatic carbocycles. The van der Waals surface area contributed by atoms with Gasteiger partial charge in [-0.15, -0.1) is 0 Å². The molecule has 6 nitrogen and oxygen atoms in total. The maximum absolute atomic E-state index is 13.1. The van der Waals surface area contributed by atoms with Gasteiger partial charge in [0.2, 0.25) is 0 Å². The molecule has 1 heterocycles. The van der Waals surface area contributed by atoms with Crippen LogP contribution in [0.1, 0.15) is 42.4 Å². The molecule has 32 heavy (non-hydrogen) atoms. The fourth-order valence-corrected chi connectivity index (χ4v) is 3.06. The Morgan fingerprint density at radius 2 is 1.53 bits per heavy atom. The van der Waals surface area contributed by atoms with Gasteiger partial charge in [0.05, 0.1) is 0 Å². The van der Waals surface area contributed by atoms with Crippen LogP contribution in [0.25, 0.3) is 0 Å². The van der Waals surface area contributed by atoms with E-state index in [2.05, 4.69) is 10.3 Å². The Hall–Kier alpha value is -3.67. The highest BCUT2D eigenvalue weighted by Gasteiger charge is 2.28. The third kappa shape index (κ3) is 6.94. The number of nitrogens with zero attached hydrogens (tertiary/aromatic N) is 1. The Kier molecular flexibility index (Phi) is 7.60. The molecule has 2 aromatic carbocycles. The molecule has 0 saturated heterocycles.